The first kappa shape index (κ1) is 13.3. The van der Waals surface area contributed by atoms with E-state index in [0.717, 1.165) is 23.3 Å². The van der Waals surface area contributed by atoms with Gasteiger partial charge in [0.25, 0.3) is 0 Å². The van der Waals surface area contributed by atoms with Crippen LogP contribution >= 0.6 is 34.5 Å². The van der Waals surface area contributed by atoms with E-state index in [-0.39, 0.29) is 12.1 Å². The van der Waals surface area contributed by atoms with Gasteiger partial charge in [-0.05, 0) is 30.2 Å². The quantitative estimate of drug-likeness (QED) is 0.890. The summed E-state index contributed by atoms with van der Waals surface area (Å²) in [5.41, 5.74) is 9.40. The van der Waals surface area contributed by atoms with Crippen LogP contribution in [-0.2, 0) is 6.42 Å². The molecule has 0 saturated carbocycles. The molecule has 2 nitrogen and oxygen atoms in total. The molecule has 100 valence electrons. The molecule has 0 aliphatic carbocycles. The zero-order valence-electron chi connectivity index (χ0n) is 10.3. The topological polar surface area (TPSA) is 35.2 Å². The van der Waals surface area contributed by atoms with Crippen LogP contribution in [0.3, 0.4) is 0 Å². The van der Waals surface area contributed by atoms with Crippen LogP contribution in [0.1, 0.15) is 29.7 Å². The molecule has 2 heterocycles. The lowest BCUT2D eigenvalue weighted by atomic mass is 9.99. The van der Waals surface area contributed by atoms with Gasteiger partial charge in [-0.3, -0.25) is 0 Å². The maximum atomic E-state index is 6.28. The standard InChI is InChI=1S/C14H13Cl2NOS/c1-7-4-9-5-8(2-3-11(9)18-7)13(17)10-6-12(15)19-14(10)16/h2-3,5-7,13H,4,17H2,1H3. The second kappa shape index (κ2) is 4.98. The Morgan fingerprint density at radius 1 is 1.37 bits per heavy atom. The lowest BCUT2D eigenvalue weighted by molar-refractivity contribution is 0.254. The van der Waals surface area contributed by atoms with E-state index in [1.165, 1.54) is 16.9 Å². The molecule has 19 heavy (non-hydrogen) atoms. The third-order valence-corrected chi connectivity index (χ3v) is 4.82. The number of thiophene rings is 1. The second-order valence-corrected chi connectivity index (χ2v) is 7.04. The Hall–Kier alpha value is -0.740. The fraction of sp³-hybridized carbons (Fsp3) is 0.286. The normalized spacial score (nSPS) is 19.1. The van der Waals surface area contributed by atoms with Gasteiger partial charge in [-0.2, -0.15) is 0 Å². The van der Waals surface area contributed by atoms with Gasteiger partial charge in [-0.1, -0.05) is 35.3 Å². The maximum Gasteiger partial charge on any atom is 0.123 e. The van der Waals surface area contributed by atoms with Gasteiger partial charge < -0.3 is 10.5 Å². The highest BCUT2D eigenvalue weighted by atomic mass is 35.5. The van der Waals surface area contributed by atoms with Crippen LogP contribution in [0.2, 0.25) is 8.67 Å². The summed E-state index contributed by atoms with van der Waals surface area (Å²) in [6, 6.07) is 7.66. The fourth-order valence-corrected chi connectivity index (χ4v) is 3.93. The third-order valence-electron chi connectivity index (χ3n) is 3.30. The number of nitrogens with two attached hydrogens (primary N) is 1. The fourth-order valence-electron chi connectivity index (χ4n) is 2.38. The van der Waals surface area contributed by atoms with Gasteiger partial charge in [-0.15, -0.1) is 11.3 Å². The Morgan fingerprint density at radius 2 is 2.16 bits per heavy atom. The summed E-state index contributed by atoms with van der Waals surface area (Å²) in [7, 11) is 0. The molecule has 2 N–H and O–H groups in total. The summed E-state index contributed by atoms with van der Waals surface area (Å²) in [6.07, 6.45) is 1.16. The van der Waals surface area contributed by atoms with Gasteiger partial charge in [0.15, 0.2) is 0 Å². The van der Waals surface area contributed by atoms with Crippen LogP contribution in [0.4, 0.5) is 0 Å². The van der Waals surface area contributed by atoms with Crippen molar-refractivity contribution in [2.24, 2.45) is 5.73 Å². The highest BCUT2D eigenvalue weighted by Crippen LogP contribution is 2.38. The van der Waals surface area contributed by atoms with Gasteiger partial charge >= 0.3 is 0 Å². The molecule has 2 unspecified atom stereocenters. The van der Waals surface area contributed by atoms with E-state index in [0.29, 0.717) is 8.67 Å². The first-order valence-electron chi connectivity index (χ1n) is 6.04. The number of hydrogen-bond donors (Lipinski definition) is 1. The lowest BCUT2D eigenvalue weighted by Gasteiger charge is -2.12. The predicted molar refractivity (Wildman–Crippen MR) is 80.6 cm³/mol. The van der Waals surface area contributed by atoms with E-state index in [2.05, 4.69) is 13.0 Å². The summed E-state index contributed by atoms with van der Waals surface area (Å²) in [6.45, 7) is 2.06. The first-order valence-corrected chi connectivity index (χ1v) is 7.61. The highest BCUT2D eigenvalue weighted by Gasteiger charge is 2.22. The molecule has 5 heteroatoms. The second-order valence-electron chi connectivity index (χ2n) is 4.76. The summed E-state index contributed by atoms with van der Waals surface area (Å²) in [5.74, 6) is 0.956. The summed E-state index contributed by atoms with van der Waals surface area (Å²) in [5, 5.41) is 0. The minimum Gasteiger partial charge on any atom is -0.490 e. The molecule has 0 spiro atoms. The summed E-state index contributed by atoms with van der Waals surface area (Å²) >= 11 is 13.5. The molecule has 2 aromatic rings. The molecule has 0 bridgehead atoms. The van der Waals surface area contributed by atoms with Crippen molar-refractivity contribution in [2.45, 2.75) is 25.5 Å². The van der Waals surface area contributed by atoms with Crippen molar-refractivity contribution in [3.8, 4) is 5.75 Å². The van der Waals surface area contributed by atoms with E-state index in [9.17, 15) is 0 Å². The Kier molecular flexibility index (Phi) is 3.48. The van der Waals surface area contributed by atoms with Crippen molar-refractivity contribution in [3.63, 3.8) is 0 Å². The lowest BCUT2D eigenvalue weighted by Crippen LogP contribution is -2.11. The van der Waals surface area contributed by atoms with Crippen LogP contribution in [0.15, 0.2) is 24.3 Å². The Morgan fingerprint density at radius 3 is 2.84 bits per heavy atom. The highest BCUT2D eigenvalue weighted by molar-refractivity contribution is 7.20. The minimum atomic E-state index is -0.252. The SMILES string of the molecule is CC1Cc2cc(C(N)c3cc(Cl)sc3Cl)ccc2O1. The maximum absolute atomic E-state index is 6.28. The van der Waals surface area contributed by atoms with E-state index in [1.54, 1.807) is 0 Å². The number of fused-ring (bicyclic) bond motifs is 1. The zero-order chi connectivity index (χ0) is 13.6. The van der Waals surface area contributed by atoms with Crippen LogP contribution in [0.25, 0.3) is 0 Å². The number of benzene rings is 1. The predicted octanol–water partition coefficient (Wildman–Crippen LogP) is 4.43. The summed E-state index contributed by atoms with van der Waals surface area (Å²) < 4.78 is 7.01. The smallest absolute Gasteiger partial charge is 0.123 e. The number of ether oxygens (including phenoxy) is 1. The van der Waals surface area contributed by atoms with E-state index in [4.69, 9.17) is 33.7 Å². The van der Waals surface area contributed by atoms with Gasteiger partial charge in [-0.25, -0.2) is 0 Å². The van der Waals surface area contributed by atoms with Gasteiger partial charge in [0.1, 0.15) is 11.9 Å². The molecule has 0 fully saturated rings. The van der Waals surface area contributed by atoms with Crippen LogP contribution in [0.5, 0.6) is 5.75 Å². The molecular weight excluding hydrogens is 301 g/mol. The zero-order valence-corrected chi connectivity index (χ0v) is 12.6. The van der Waals surface area contributed by atoms with Crippen molar-refractivity contribution in [3.05, 3.63) is 49.6 Å². The van der Waals surface area contributed by atoms with E-state index >= 15 is 0 Å². The largest absolute Gasteiger partial charge is 0.490 e. The first-order chi connectivity index (χ1) is 9.04. The van der Waals surface area contributed by atoms with Crippen molar-refractivity contribution in [2.75, 3.05) is 0 Å². The van der Waals surface area contributed by atoms with Crippen LogP contribution in [-0.4, -0.2) is 6.10 Å². The molecule has 2 atom stereocenters. The van der Waals surface area contributed by atoms with Gasteiger partial charge in [0.2, 0.25) is 0 Å². The Bertz CT molecular complexity index is 626. The average Bonchev–Trinajstić information content (AvgIpc) is 2.88. The molecule has 3 rings (SSSR count). The summed E-state index contributed by atoms with van der Waals surface area (Å²) in [4.78, 5) is 0. The molecule has 1 aliphatic heterocycles. The van der Waals surface area contributed by atoms with E-state index in [1.807, 2.05) is 18.2 Å². The molecule has 1 aromatic carbocycles. The van der Waals surface area contributed by atoms with Crippen LogP contribution in [0, 0.1) is 0 Å². The van der Waals surface area contributed by atoms with Crippen LogP contribution < -0.4 is 10.5 Å². The average molecular weight is 314 g/mol. The van der Waals surface area contributed by atoms with Gasteiger partial charge in [0, 0.05) is 12.0 Å². The monoisotopic (exact) mass is 313 g/mol. The molecule has 0 amide bonds. The van der Waals surface area contributed by atoms with Crippen molar-refractivity contribution >= 4 is 34.5 Å². The molecule has 1 aromatic heterocycles. The third kappa shape index (κ3) is 2.48. The molecular formula is C14H13Cl2NOS. The molecule has 1 aliphatic rings. The number of rotatable bonds is 2. The van der Waals surface area contributed by atoms with E-state index < -0.39 is 0 Å². The number of hydrogen-bond acceptors (Lipinski definition) is 3. The van der Waals surface area contributed by atoms with Crippen molar-refractivity contribution < 1.29 is 4.74 Å². The number of halogens is 2. The molecule has 0 radical (unpaired) electrons. The molecule has 0 saturated heterocycles. The van der Waals surface area contributed by atoms with Crippen molar-refractivity contribution in [1.82, 2.24) is 0 Å². The Balaban J connectivity index is 1.95. The minimum absolute atomic E-state index is 0.237. The van der Waals surface area contributed by atoms with Crippen molar-refractivity contribution in [1.29, 1.82) is 0 Å². The Labute approximate surface area is 126 Å². The van der Waals surface area contributed by atoms with Gasteiger partial charge in [0.05, 0.1) is 14.7 Å².